The monoisotopic (exact) mass is 201 g/mol. The Balaban J connectivity index is 2.37. The lowest BCUT2D eigenvalue weighted by Crippen LogP contribution is -2.39. The zero-order valence-corrected chi connectivity index (χ0v) is 8.88. The number of rotatable bonds is 1. The first-order valence-electron chi connectivity index (χ1n) is 4.27. The summed E-state index contributed by atoms with van der Waals surface area (Å²) in [7, 11) is 3.84. The second-order valence-electron chi connectivity index (χ2n) is 3.09. The van der Waals surface area contributed by atoms with Crippen LogP contribution in [0.4, 0.5) is 0 Å². The molecule has 1 aliphatic heterocycles. The Morgan fingerprint density at radius 1 is 1.46 bits per heavy atom. The van der Waals surface area contributed by atoms with Crippen LogP contribution in [-0.2, 0) is 4.74 Å². The Hall–Kier alpha value is -0.680. The second kappa shape index (κ2) is 5.14. The fourth-order valence-electron chi connectivity index (χ4n) is 1.00. The highest BCUT2D eigenvalue weighted by molar-refractivity contribution is 7.80. The average molecular weight is 201 g/mol. The molecule has 1 aliphatic rings. The maximum atomic E-state index is 5.21. The molecule has 13 heavy (non-hydrogen) atoms. The van der Waals surface area contributed by atoms with Gasteiger partial charge in [-0.1, -0.05) is 0 Å². The van der Waals surface area contributed by atoms with Gasteiger partial charge in [-0.05, 0) is 12.2 Å². The molecule has 0 aromatic heterocycles. The molecular weight excluding hydrogens is 186 g/mol. The summed E-state index contributed by atoms with van der Waals surface area (Å²) in [6.07, 6.45) is 1.72. The molecule has 0 spiro atoms. The van der Waals surface area contributed by atoms with Crippen molar-refractivity contribution in [3.8, 4) is 0 Å². The van der Waals surface area contributed by atoms with E-state index in [9.17, 15) is 0 Å². The molecule has 1 fully saturated rings. The summed E-state index contributed by atoms with van der Waals surface area (Å²) in [5, 5.41) is 0.650. The maximum Gasteiger partial charge on any atom is 0.196 e. The predicted molar refractivity (Wildman–Crippen MR) is 57.2 cm³/mol. The average Bonchev–Trinajstić information content (AvgIpc) is 2.15. The zero-order valence-electron chi connectivity index (χ0n) is 8.06. The van der Waals surface area contributed by atoms with Gasteiger partial charge in [0.05, 0.1) is 19.6 Å². The van der Waals surface area contributed by atoms with Gasteiger partial charge < -0.3 is 14.5 Å². The molecule has 0 aromatic carbocycles. The molecule has 0 amide bonds. The molecule has 0 atom stereocenters. The summed E-state index contributed by atoms with van der Waals surface area (Å²) in [5.41, 5.74) is 0. The van der Waals surface area contributed by atoms with Gasteiger partial charge in [-0.25, -0.2) is 4.99 Å². The van der Waals surface area contributed by atoms with E-state index in [-0.39, 0.29) is 0 Å². The normalized spacial score (nSPS) is 17.8. The third kappa shape index (κ3) is 3.69. The van der Waals surface area contributed by atoms with E-state index in [0.29, 0.717) is 5.11 Å². The third-order valence-corrected chi connectivity index (χ3v) is 2.04. The Kier molecular flexibility index (Phi) is 4.11. The Morgan fingerprint density at radius 3 is 2.62 bits per heavy atom. The van der Waals surface area contributed by atoms with Crippen molar-refractivity contribution in [2.45, 2.75) is 0 Å². The fourth-order valence-corrected chi connectivity index (χ4v) is 1.23. The standard InChI is InChI=1S/C8H15N3OS/c1-10(2)7-9-8(13)11-3-5-12-6-4-11/h7H,3-6H2,1-2H3/b9-7+. The van der Waals surface area contributed by atoms with E-state index < -0.39 is 0 Å². The van der Waals surface area contributed by atoms with Crippen LogP contribution in [0.5, 0.6) is 0 Å². The molecule has 0 aliphatic carbocycles. The minimum Gasteiger partial charge on any atom is -0.378 e. The Labute approximate surface area is 84.2 Å². The number of ether oxygens (including phenoxy) is 1. The molecule has 1 heterocycles. The fraction of sp³-hybridized carbons (Fsp3) is 0.750. The Morgan fingerprint density at radius 2 is 2.08 bits per heavy atom. The van der Waals surface area contributed by atoms with Gasteiger partial charge in [-0.15, -0.1) is 0 Å². The Bertz CT molecular complexity index is 200. The number of thiocarbonyl (C=S) groups is 1. The van der Waals surface area contributed by atoms with Crippen LogP contribution in [0.1, 0.15) is 0 Å². The molecule has 74 valence electrons. The molecule has 0 saturated carbocycles. The van der Waals surface area contributed by atoms with Crippen molar-refractivity contribution in [1.29, 1.82) is 0 Å². The van der Waals surface area contributed by atoms with Crippen LogP contribution in [-0.4, -0.2) is 61.6 Å². The lowest BCUT2D eigenvalue weighted by atomic mass is 10.4. The van der Waals surface area contributed by atoms with Crippen LogP contribution in [0.3, 0.4) is 0 Å². The minimum atomic E-state index is 0.650. The molecule has 0 radical (unpaired) electrons. The van der Waals surface area contributed by atoms with E-state index in [1.807, 2.05) is 19.0 Å². The molecule has 0 N–H and O–H groups in total. The van der Waals surface area contributed by atoms with Crippen LogP contribution < -0.4 is 0 Å². The molecule has 0 aromatic rings. The van der Waals surface area contributed by atoms with Crippen LogP contribution in [0.2, 0.25) is 0 Å². The van der Waals surface area contributed by atoms with Crippen LogP contribution in [0.15, 0.2) is 4.99 Å². The van der Waals surface area contributed by atoms with Crippen molar-refractivity contribution in [2.75, 3.05) is 40.4 Å². The van der Waals surface area contributed by atoms with Gasteiger partial charge in [-0.2, -0.15) is 0 Å². The summed E-state index contributed by atoms with van der Waals surface area (Å²) >= 11 is 5.14. The number of hydrogen-bond acceptors (Lipinski definition) is 2. The number of morpholine rings is 1. The molecule has 4 nitrogen and oxygen atoms in total. The summed E-state index contributed by atoms with van der Waals surface area (Å²) in [6.45, 7) is 3.20. The lowest BCUT2D eigenvalue weighted by molar-refractivity contribution is 0.0686. The molecule has 5 heteroatoms. The van der Waals surface area contributed by atoms with Crippen molar-refractivity contribution in [2.24, 2.45) is 4.99 Å². The molecule has 0 unspecified atom stereocenters. The van der Waals surface area contributed by atoms with Gasteiger partial charge >= 0.3 is 0 Å². The first-order valence-corrected chi connectivity index (χ1v) is 4.68. The van der Waals surface area contributed by atoms with Gasteiger partial charge in [0, 0.05) is 27.2 Å². The van der Waals surface area contributed by atoms with E-state index in [4.69, 9.17) is 17.0 Å². The minimum absolute atomic E-state index is 0.650. The van der Waals surface area contributed by atoms with Gasteiger partial charge in [0.2, 0.25) is 0 Å². The van der Waals surface area contributed by atoms with Crippen molar-refractivity contribution >= 4 is 23.7 Å². The predicted octanol–water partition coefficient (Wildman–Crippen LogP) is 0.193. The van der Waals surface area contributed by atoms with Crippen LogP contribution in [0.25, 0.3) is 0 Å². The number of nitrogens with zero attached hydrogens (tertiary/aromatic N) is 3. The van der Waals surface area contributed by atoms with E-state index in [2.05, 4.69) is 9.89 Å². The zero-order chi connectivity index (χ0) is 9.68. The third-order valence-electron chi connectivity index (χ3n) is 1.68. The lowest BCUT2D eigenvalue weighted by Gasteiger charge is -2.26. The highest BCUT2D eigenvalue weighted by atomic mass is 32.1. The van der Waals surface area contributed by atoms with E-state index in [1.165, 1.54) is 0 Å². The van der Waals surface area contributed by atoms with Crippen LogP contribution >= 0.6 is 12.2 Å². The van der Waals surface area contributed by atoms with Crippen molar-refractivity contribution in [3.05, 3.63) is 0 Å². The van der Waals surface area contributed by atoms with Crippen molar-refractivity contribution in [1.82, 2.24) is 9.80 Å². The second-order valence-corrected chi connectivity index (χ2v) is 3.46. The smallest absolute Gasteiger partial charge is 0.196 e. The van der Waals surface area contributed by atoms with Gasteiger partial charge in [-0.3, -0.25) is 0 Å². The molecule has 0 bridgehead atoms. The summed E-state index contributed by atoms with van der Waals surface area (Å²) in [5.74, 6) is 0. The highest BCUT2D eigenvalue weighted by Gasteiger charge is 2.11. The van der Waals surface area contributed by atoms with Crippen molar-refractivity contribution < 1.29 is 4.74 Å². The summed E-state index contributed by atoms with van der Waals surface area (Å²) < 4.78 is 5.21. The van der Waals surface area contributed by atoms with Gasteiger partial charge in [0.1, 0.15) is 0 Å². The number of aliphatic imine (C=N–C) groups is 1. The molecule has 1 rings (SSSR count). The topological polar surface area (TPSA) is 28.1 Å². The first kappa shape index (κ1) is 10.4. The highest BCUT2D eigenvalue weighted by Crippen LogP contribution is 1.99. The summed E-state index contributed by atoms with van der Waals surface area (Å²) in [4.78, 5) is 8.07. The quantitative estimate of drug-likeness (QED) is 0.344. The van der Waals surface area contributed by atoms with Crippen LogP contribution in [0, 0.1) is 0 Å². The maximum absolute atomic E-state index is 5.21. The van der Waals surface area contributed by atoms with E-state index in [0.717, 1.165) is 26.3 Å². The molecule has 1 saturated heterocycles. The van der Waals surface area contributed by atoms with Gasteiger partial charge in [0.25, 0.3) is 0 Å². The SMILES string of the molecule is CN(C)/C=N/C(=S)N1CCOCC1. The summed E-state index contributed by atoms with van der Waals surface area (Å²) in [6, 6.07) is 0. The first-order chi connectivity index (χ1) is 6.20. The van der Waals surface area contributed by atoms with Crippen molar-refractivity contribution in [3.63, 3.8) is 0 Å². The largest absolute Gasteiger partial charge is 0.378 e. The number of hydrogen-bond donors (Lipinski definition) is 0. The van der Waals surface area contributed by atoms with E-state index in [1.54, 1.807) is 6.34 Å². The van der Waals surface area contributed by atoms with Gasteiger partial charge in [0.15, 0.2) is 5.11 Å². The van der Waals surface area contributed by atoms with E-state index >= 15 is 0 Å². The molecular formula is C8H15N3OS.